The summed E-state index contributed by atoms with van der Waals surface area (Å²) >= 11 is 0. The molecule has 8 nitrogen and oxygen atoms in total. The Morgan fingerprint density at radius 3 is 2.06 bits per heavy atom. The summed E-state index contributed by atoms with van der Waals surface area (Å²) in [5.41, 5.74) is 4.32. The number of nitrogens with zero attached hydrogens (tertiary/aromatic N) is 3. The zero-order valence-corrected chi connectivity index (χ0v) is 28.4. The molecule has 2 fully saturated rings. The summed E-state index contributed by atoms with van der Waals surface area (Å²) in [6.07, 6.45) is 6.11. The molecule has 5 atom stereocenters. The zero-order valence-electron chi connectivity index (χ0n) is 28.4. The van der Waals surface area contributed by atoms with Gasteiger partial charge in [0.25, 0.3) is 0 Å². The maximum absolute atomic E-state index is 14.6. The van der Waals surface area contributed by atoms with Crippen LogP contribution in [0.1, 0.15) is 34.5 Å². The maximum atomic E-state index is 14.6. The Kier molecular flexibility index (Phi) is 8.91. The number of imide groups is 1. The summed E-state index contributed by atoms with van der Waals surface area (Å²) in [5, 5.41) is 13.1. The monoisotopic (exact) mass is 687 g/mol. The number of allylic oxidation sites excluding steroid dienone is 2. The fourth-order valence-corrected chi connectivity index (χ4v) is 8.35. The molecule has 258 valence electrons. The first kappa shape index (κ1) is 33.2. The van der Waals surface area contributed by atoms with Crippen molar-refractivity contribution >= 4 is 23.4 Å². The van der Waals surface area contributed by atoms with E-state index in [9.17, 15) is 19.5 Å². The fourth-order valence-electron chi connectivity index (χ4n) is 8.35. The highest BCUT2D eigenvalue weighted by atomic mass is 16.5. The Hall–Kier alpha value is -5.99. The third-order valence-corrected chi connectivity index (χ3v) is 10.6. The molecule has 1 aliphatic heterocycles. The van der Waals surface area contributed by atoms with Gasteiger partial charge in [0.15, 0.2) is 5.60 Å². The Bertz CT molecular complexity index is 2070. The number of aliphatic hydroxyl groups is 1. The zero-order chi connectivity index (χ0) is 35.7. The van der Waals surface area contributed by atoms with Gasteiger partial charge in [0.1, 0.15) is 6.61 Å². The maximum Gasteiger partial charge on any atom is 0.306 e. The van der Waals surface area contributed by atoms with Gasteiger partial charge < -0.3 is 9.84 Å². The average molecular weight is 688 g/mol. The van der Waals surface area contributed by atoms with E-state index in [0.29, 0.717) is 28.9 Å². The topological polar surface area (TPSA) is 110 Å². The minimum atomic E-state index is -1.70. The number of aryl methyl sites for hydroxylation is 1. The van der Waals surface area contributed by atoms with Crippen molar-refractivity contribution in [3.8, 4) is 0 Å². The van der Waals surface area contributed by atoms with Crippen molar-refractivity contribution in [1.29, 1.82) is 0 Å². The van der Waals surface area contributed by atoms with Gasteiger partial charge in [-0.3, -0.25) is 29.3 Å². The molecule has 1 unspecified atom stereocenters. The molecule has 2 aliphatic carbocycles. The number of amides is 2. The Morgan fingerprint density at radius 1 is 0.750 bits per heavy atom. The smallest absolute Gasteiger partial charge is 0.306 e. The van der Waals surface area contributed by atoms with Crippen LogP contribution in [-0.2, 0) is 31.1 Å². The van der Waals surface area contributed by atoms with Crippen LogP contribution in [0.4, 0.5) is 0 Å². The summed E-state index contributed by atoms with van der Waals surface area (Å²) in [5.74, 6) is -3.63. The van der Waals surface area contributed by atoms with Crippen molar-refractivity contribution in [3.63, 3.8) is 0 Å². The predicted octanol–water partition coefficient (Wildman–Crippen LogP) is 6.18. The van der Waals surface area contributed by atoms with E-state index in [-0.39, 0.29) is 37.4 Å². The van der Waals surface area contributed by atoms with Crippen LogP contribution in [0.25, 0.3) is 5.57 Å². The van der Waals surface area contributed by atoms with E-state index in [4.69, 9.17) is 9.72 Å². The number of hydrogen-bond acceptors (Lipinski definition) is 7. The SMILES string of the molecule is O=C(CCc1ccccc1)OCCN1C(=O)[C@@H]2[C@@H]3C(C(O)(c4ccccc4)c4ccccn4)=C[C@@H](C3=C(c3ccccc3)c3ccccn3)[C@@H]2C1=O. The third kappa shape index (κ3) is 5.75. The van der Waals surface area contributed by atoms with Crippen LogP contribution >= 0.6 is 0 Å². The first-order chi connectivity index (χ1) is 25.5. The summed E-state index contributed by atoms with van der Waals surface area (Å²) in [7, 11) is 0. The minimum Gasteiger partial charge on any atom is -0.464 e. The average Bonchev–Trinajstić information content (AvgIpc) is 3.82. The molecule has 3 aromatic carbocycles. The number of hydrogen-bond donors (Lipinski definition) is 1. The number of benzene rings is 3. The van der Waals surface area contributed by atoms with Crippen LogP contribution in [0.2, 0.25) is 0 Å². The standard InChI is InChI=1S/C44H37N3O5/c48-36(23-22-29-14-4-1-5-15-29)52-27-26-47-42(49)39-32-28-33(44(51,31-18-8-3-9-19-31)35-21-11-13-25-46-35)40(41(39)43(47)50)38(32)37(30-16-6-2-7-17-30)34-20-10-12-24-45-34/h1-21,24-25,28,32,39-41,51H,22-23,26-27H2/t32-,39-,40+,41-,44?/m0/s1. The van der Waals surface area contributed by atoms with E-state index in [2.05, 4.69) is 4.98 Å². The van der Waals surface area contributed by atoms with E-state index in [0.717, 1.165) is 22.3 Å². The summed E-state index contributed by atoms with van der Waals surface area (Å²) in [6, 6.07) is 40.0. The van der Waals surface area contributed by atoms with Gasteiger partial charge in [-0.25, -0.2) is 0 Å². The molecule has 8 heteroatoms. The second-order valence-electron chi connectivity index (χ2n) is 13.4. The van der Waals surface area contributed by atoms with Crippen molar-refractivity contribution < 1.29 is 24.2 Å². The van der Waals surface area contributed by atoms with Gasteiger partial charge in [-0.2, -0.15) is 0 Å². The number of rotatable bonds is 11. The molecule has 2 bridgehead atoms. The molecule has 5 aromatic rings. The number of pyridine rings is 2. The van der Waals surface area contributed by atoms with E-state index in [1.807, 2.05) is 121 Å². The highest BCUT2D eigenvalue weighted by Crippen LogP contribution is 2.64. The number of esters is 1. The largest absolute Gasteiger partial charge is 0.464 e. The molecular formula is C44H37N3O5. The summed E-state index contributed by atoms with van der Waals surface area (Å²) in [4.78, 5) is 52.1. The molecule has 0 spiro atoms. The van der Waals surface area contributed by atoms with Gasteiger partial charge in [0.2, 0.25) is 11.8 Å². The highest BCUT2D eigenvalue weighted by Gasteiger charge is 2.66. The lowest BCUT2D eigenvalue weighted by Crippen LogP contribution is -2.39. The van der Waals surface area contributed by atoms with Crippen molar-refractivity contribution in [2.45, 2.75) is 18.4 Å². The van der Waals surface area contributed by atoms with Crippen molar-refractivity contribution in [3.05, 3.63) is 185 Å². The molecule has 2 aromatic heterocycles. The predicted molar refractivity (Wildman–Crippen MR) is 195 cm³/mol. The Morgan fingerprint density at radius 2 is 1.38 bits per heavy atom. The van der Waals surface area contributed by atoms with Gasteiger partial charge in [0.05, 0.1) is 29.8 Å². The quantitative estimate of drug-likeness (QED) is 0.100. The lowest BCUT2D eigenvalue weighted by atomic mass is 9.71. The molecule has 8 rings (SSSR count). The van der Waals surface area contributed by atoms with Crippen molar-refractivity contribution in [2.24, 2.45) is 23.7 Å². The van der Waals surface area contributed by atoms with E-state index >= 15 is 0 Å². The van der Waals surface area contributed by atoms with Crippen LogP contribution in [0.15, 0.2) is 157 Å². The molecule has 52 heavy (non-hydrogen) atoms. The van der Waals surface area contributed by atoms with E-state index in [1.165, 1.54) is 4.90 Å². The van der Waals surface area contributed by atoms with Crippen LogP contribution in [0.5, 0.6) is 0 Å². The first-order valence-electron chi connectivity index (χ1n) is 17.6. The van der Waals surface area contributed by atoms with Crippen LogP contribution in [0.3, 0.4) is 0 Å². The highest BCUT2D eigenvalue weighted by molar-refractivity contribution is 6.08. The molecular weight excluding hydrogens is 651 g/mol. The number of likely N-dealkylation sites (tertiary alicyclic amines) is 1. The Balaban J connectivity index is 1.19. The van der Waals surface area contributed by atoms with E-state index < -0.39 is 29.3 Å². The van der Waals surface area contributed by atoms with Gasteiger partial charge >= 0.3 is 5.97 Å². The second kappa shape index (κ2) is 14.0. The van der Waals surface area contributed by atoms with E-state index in [1.54, 1.807) is 24.5 Å². The summed E-state index contributed by atoms with van der Waals surface area (Å²) < 4.78 is 5.52. The van der Waals surface area contributed by atoms with Crippen molar-refractivity contribution in [2.75, 3.05) is 13.2 Å². The van der Waals surface area contributed by atoms with Crippen molar-refractivity contribution in [1.82, 2.24) is 14.9 Å². The molecule has 3 heterocycles. The van der Waals surface area contributed by atoms with Gasteiger partial charge in [-0.1, -0.05) is 109 Å². The van der Waals surface area contributed by atoms with Crippen LogP contribution in [0, 0.1) is 23.7 Å². The normalized spacial score (nSPS) is 22.5. The number of carbonyl (C=O) groups excluding carboxylic acids is 3. The molecule has 1 saturated carbocycles. The van der Waals surface area contributed by atoms with Crippen LogP contribution < -0.4 is 0 Å². The number of fused-ring (bicyclic) bond motifs is 5. The number of ether oxygens (including phenoxy) is 1. The molecule has 2 amide bonds. The van der Waals surface area contributed by atoms with Gasteiger partial charge in [-0.15, -0.1) is 0 Å². The molecule has 0 radical (unpaired) electrons. The van der Waals surface area contributed by atoms with Gasteiger partial charge in [0, 0.05) is 36.2 Å². The number of aromatic nitrogens is 2. The molecule has 3 aliphatic rings. The first-order valence-corrected chi connectivity index (χ1v) is 17.6. The van der Waals surface area contributed by atoms with Crippen LogP contribution in [-0.4, -0.2) is 50.9 Å². The van der Waals surface area contributed by atoms with Gasteiger partial charge in [-0.05, 0) is 58.5 Å². The third-order valence-electron chi connectivity index (χ3n) is 10.6. The Labute approximate surface area is 302 Å². The fraction of sp³-hybridized carbons (Fsp3) is 0.205. The summed E-state index contributed by atoms with van der Waals surface area (Å²) in [6.45, 7) is -0.126. The lowest BCUT2D eigenvalue weighted by molar-refractivity contribution is -0.148. The number of carbonyl (C=O) groups is 3. The molecule has 1 N–H and O–H groups in total. The second-order valence-corrected chi connectivity index (χ2v) is 13.4. The molecule has 1 saturated heterocycles. The minimum absolute atomic E-state index is 0.0372. The lowest BCUT2D eigenvalue weighted by Gasteiger charge is -2.36.